The Balaban J connectivity index is 2.19. The Bertz CT molecular complexity index is 928. The number of hydrogen-bond acceptors (Lipinski definition) is 4. The number of sulfonamides is 1. The molecule has 26 heavy (non-hydrogen) atoms. The van der Waals surface area contributed by atoms with Crippen molar-refractivity contribution in [3.8, 4) is 0 Å². The first-order valence-electron chi connectivity index (χ1n) is 7.71. The van der Waals surface area contributed by atoms with Gasteiger partial charge in [0.2, 0.25) is 10.0 Å². The van der Waals surface area contributed by atoms with E-state index in [4.69, 9.17) is 11.6 Å². The number of halogens is 1. The third kappa shape index (κ3) is 4.60. The van der Waals surface area contributed by atoms with Gasteiger partial charge in [0.25, 0.3) is 11.8 Å². The molecular formula is C17H18ClN3O4S. The number of carbonyl (C=O) groups excluding carboxylic acids is 2. The molecule has 0 saturated carbocycles. The number of carbonyl (C=O) groups is 2. The van der Waals surface area contributed by atoms with E-state index in [1.54, 1.807) is 13.0 Å². The van der Waals surface area contributed by atoms with Gasteiger partial charge in [-0.15, -0.1) is 0 Å². The molecule has 0 fully saturated rings. The predicted molar refractivity (Wildman–Crippen MR) is 100 cm³/mol. The van der Waals surface area contributed by atoms with Gasteiger partial charge in [0.15, 0.2) is 0 Å². The summed E-state index contributed by atoms with van der Waals surface area (Å²) in [6, 6.07) is 10.1. The van der Waals surface area contributed by atoms with Gasteiger partial charge in [0.05, 0.1) is 15.5 Å². The van der Waals surface area contributed by atoms with E-state index in [0.717, 1.165) is 0 Å². The van der Waals surface area contributed by atoms with Crippen LogP contribution in [0.2, 0.25) is 5.02 Å². The first kappa shape index (κ1) is 19.9. The van der Waals surface area contributed by atoms with Gasteiger partial charge in [-0.2, -0.15) is 0 Å². The topological polar surface area (TPSA) is 104 Å². The van der Waals surface area contributed by atoms with Crippen LogP contribution in [0.3, 0.4) is 0 Å². The molecule has 9 heteroatoms. The lowest BCUT2D eigenvalue weighted by Crippen LogP contribution is -2.23. The zero-order chi connectivity index (χ0) is 19.3. The van der Waals surface area contributed by atoms with Crippen molar-refractivity contribution < 1.29 is 18.0 Å². The van der Waals surface area contributed by atoms with Crippen LogP contribution in [0.15, 0.2) is 47.4 Å². The van der Waals surface area contributed by atoms with Gasteiger partial charge < -0.3 is 10.6 Å². The summed E-state index contributed by atoms with van der Waals surface area (Å²) in [5.41, 5.74) is 0.901. The second-order valence-corrected chi connectivity index (χ2v) is 7.43. The van der Waals surface area contributed by atoms with Crippen LogP contribution >= 0.6 is 11.6 Å². The molecule has 0 saturated heterocycles. The van der Waals surface area contributed by atoms with Crippen LogP contribution in [0.25, 0.3) is 0 Å². The summed E-state index contributed by atoms with van der Waals surface area (Å²) in [6.07, 6.45) is 0. The monoisotopic (exact) mass is 395 g/mol. The number of hydrogen-bond donors (Lipinski definition) is 3. The summed E-state index contributed by atoms with van der Waals surface area (Å²) in [6.45, 7) is 1.95. The number of nitrogens with one attached hydrogen (secondary N) is 3. The Hall–Kier alpha value is -2.42. The molecule has 0 heterocycles. The average molecular weight is 396 g/mol. The molecule has 0 aliphatic carbocycles. The van der Waals surface area contributed by atoms with Crippen molar-refractivity contribution >= 4 is 39.1 Å². The highest BCUT2D eigenvalue weighted by Crippen LogP contribution is 2.21. The second-order valence-electron chi connectivity index (χ2n) is 5.25. The van der Waals surface area contributed by atoms with Crippen molar-refractivity contribution in [2.75, 3.05) is 18.9 Å². The fourth-order valence-corrected chi connectivity index (χ4v) is 3.42. The minimum absolute atomic E-state index is 0.0734. The molecule has 0 radical (unpaired) electrons. The maximum absolute atomic E-state index is 12.3. The van der Waals surface area contributed by atoms with Gasteiger partial charge >= 0.3 is 0 Å². The fourth-order valence-electron chi connectivity index (χ4n) is 2.17. The minimum Gasteiger partial charge on any atom is -0.355 e. The van der Waals surface area contributed by atoms with Crippen LogP contribution < -0.4 is 15.4 Å². The number of benzene rings is 2. The van der Waals surface area contributed by atoms with Crippen molar-refractivity contribution in [2.24, 2.45) is 0 Å². The van der Waals surface area contributed by atoms with Crippen LogP contribution in [-0.4, -0.2) is 33.8 Å². The van der Waals surface area contributed by atoms with Crippen LogP contribution in [0.1, 0.15) is 27.6 Å². The first-order valence-corrected chi connectivity index (χ1v) is 9.57. The third-order valence-corrected chi connectivity index (χ3v) is 5.35. The zero-order valence-electron chi connectivity index (χ0n) is 14.2. The number of amides is 2. The SMILES string of the molecule is CCNS(=O)(=O)c1ccc(C(=O)Nc2ccc(Cl)c(C(=O)NC)c2)cc1. The van der Waals surface area contributed by atoms with Crippen LogP contribution in [-0.2, 0) is 10.0 Å². The molecule has 3 N–H and O–H groups in total. The molecule has 0 spiro atoms. The van der Waals surface area contributed by atoms with E-state index in [1.807, 2.05) is 0 Å². The van der Waals surface area contributed by atoms with Gasteiger partial charge in [0.1, 0.15) is 0 Å². The summed E-state index contributed by atoms with van der Waals surface area (Å²) >= 11 is 5.97. The molecule has 2 aromatic carbocycles. The summed E-state index contributed by atoms with van der Waals surface area (Å²) in [4.78, 5) is 24.2. The second kappa shape index (κ2) is 8.31. The number of rotatable bonds is 6. The molecule has 7 nitrogen and oxygen atoms in total. The maximum atomic E-state index is 12.3. The van der Waals surface area contributed by atoms with Crippen molar-refractivity contribution in [2.45, 2.75) is 11.8 Å². The van der Waals surface area contributed by atoms with Crippen molar-refractivity contribution in [1.29, 1.82) is 0 Å². The summed E-state index contributed by atoms with van der Waals surface area (Å²) in [7, 11) is -2.10. The molecule has 0 aliphatic heterocycles. The molecule has 0 atom stereocenters. The molecule has 0 bridgehead atoms. The van der Waals surface area contributed by atoms with E-state index in [2.05, 4.69) is 15.4 Å². The van der Waals surface area contributed by atoms with Gasteiger partial charge in [-0.1, -0.05) is 18.5 Å². The molecule has 2 rings (SSSR count). The molecular weight excluding hydrogens is 378 g/mol. The van der Waals surface area contributed by atoms with Gasteiger partial charge in [-0.3, -0.25) is 9.59 Å². The third-order valence-electron chi connectivity index (χ3n) is 3.46. The molecule has 0 aliphatic rings. The molecule has 2 amide bonds. The Morgan fingerprint density at radius 1 is 1.04 bits per heavy atom. The number of anilines is 1. The predicted octanol–water partition coefficient (Wildman–Crippen LogP) is 2.25. The van der Waals surface area contributed by atoms with E-state index < -0.39 is 15.9 Å². The lowest BCUT2D eigenvalue weighted by molar-refractivity contribution is 0.0961. The van der Waals surface area contributed by atoms with Crippen molar-refractivity contribution in [1.82, 2.24) is 10.0 Å². The van der Waals surface area contributed by atoms with Crippen LogP contribution in [0.4, 0.5) is 5.69 Å². The fraction of sp³-hybridized carbons (Fsp3) is 0.176. The largest absolute Gasteiger partial charge is 0.355 e. The summed E-state index contributed by atoms with van der Waals surface area (Å²) < 4.78 is 26.2. The molecule has 0 unspecified atom stereocenters. The lowest BCUT2D eigenvalue weighted by Gasteiger charge is -2.09. The highest BCUT2D eigenvalue weighted by atomic mass is 35.5. The van der Waals surface area contributed by atoms with E-state index in [9.17, 15) is 18.0 Å². The van der Waals surface area contributed by atoms with Crippen molar-refractivity contribution in [3.63, 3.8) is 0 Å². The Morgan fingerprint density at radius 2 is 1.69 bits per heavy atom. The van der Waals surface area contributed by atoms with E-state index >= 15 is 0 Å². The van der Waals surface area contributed by atoms with Gasteiger partial charge in [0, 0.05) is 24.8 Å². The molecule has 138 valence electrons. The highest BCUT2D eigenvalue weighted by molar-refractivity contribution is 7.89. The zero-order valence-corrected chi connectivity index (χ0v) is 15.7. The van der Waals surface area contributed by atoms with Gasteiger partial charge in [-0.05, 0) is 42.5 Å². The quantitative estimate of drug-likeness (QED) is 0.697. The summed E-state index contributed by atoms with van der Waals surface area (Å²) in [5, 5.41) is 5.38. The molecule has 0 aromatic heterocycles. The average Bonchev–Trinajstić information content (AvgIpc) is 2.62. The van der Waals surface area contributed by atoms with E-state index in [0.29, 0.717) is 5.69 Å². The van der Waals surface area contributed by atoms with Crippen LogP contribution in [0.5, 0.6) is 0 Å². The normalized spacial score (nSPS) is 11.0. The van der Waals surface area contributed by atoms with Crippen molar-refractivity contribution in [3.05, 3.63) is 58.6 Å². The standard InChI is InChI=1S/C17H18ClN3O4S/c1-3-20-26(24,25)13-7-4-11(5-8-13)16(22)21-12-6-9-15(18)14(10-12)17(23)19-2/h4-10,20H,3H2,1-2H3,(H,19,23)(H,21,22). The van der Waals surface area contributed by atoms with Crippen LogP contribution in [0, 0.1) is 0 Å². The Labute approximate surface area is 156 Å². The first-order chi connectivity index (χ1) is 12.3. The maximum Gasteiger partial charge on any atom is 0.255 e. The van der Waals surface area contributed by atoms with E-state index in [-0.39, 0.29) is 33.5 Å². The summed E-state index contributed by atoms with van der Waals surface area (Å²) in [5.74, 6) is -0.813. The highest BCUT2D eigenvalue weighted by Gasteiger charge is 2.15. The van der Waals surface area contributed by atoms with Gasteiger partial charge in [-0.25, -0.2) is 13.1 Å². The smallest absolute Gasteiger partial charge is 0.255 e. The Kier molecular flexibility index (Phi) is 6.36. The van der Waals surface area contributed by atoms with E-state index in [1.165, 1.54) is 43.4 Å². The lowest BCUT2D eigenvalue weighted by atomic mass is 10.1. The Morgan fingerprint density at radius 3 is 2.27 bits per heavy atom. The minimum atomic E-state index is -3.58. The molecule has 2 aromatic rings.